The fourth-order valence-corrected chi connectivity index (χ4v) is 2.53. The summed E-state index contributed by atoms with van der Waals surface area (Å²) in [5, 5.41) is 6.32. The average Bonchev–Trinajstić information content (AvgIpc) is 2.87. The Labute approximate surface area is 127 Å². The van der Waals surface area contributed by atoms with Gasteiger partial charge in [-0.25, -0.2) is 0 Å². The van der Waals surface area contributed by atoms with Gasteiger partial charge in [0.25, 0.3) is 0 Å². The van der Waals surface area contributed by atoms with Crippen molar-refractivity contribution in [3.8, 4) is 0 Å². The molecule has 0 saturated carbocycles. The standard InChI is InChI=1S/C15H23N3O.ClH/c1-12(13-6-4-3-5-7-13)17-15(19)11-18-9-8-14(10-18)16-2;/h3-7,12,14,16H,8-11H2,1-2H3,(H,17,19);1H. The van der Waals surface area contributed by atoms with Gasteiger partial charge in [-0.05, 0) is 26.0 Å². The number of carbonyl (C=O) groups excluding carboxylic acids is 1. The first kappa shape index (κ1) is 17.0. The largest absolute Gasteiger partial charge is 0.348 e. The van der Waals surface area contributed by atoms with E-state index in [1.807, 2.05) is 44.3 Å². The Morgan fingerprint density at radius 3 is 2.70 bits per heavy atom. The fourth-order valence-electron chi connectivity index (χ4n) is 2.53. The number of hydrogen-bond donors (Lipinski definition) is 2. The van der Waals surface area contributed by atoms with Crippen molar-refractivity contribution in [3.63, 3.8) is 0 Å². The van der Waals surface area contributed by atoms with E-state index in [1.54, 1.807) is 0 Å². The quantitative estimate of drug-likeness (QED) is 0.867. The summed E-state index contributed by atoms with van der Waals surface area (Å²) in [5.41, 5.74) is 1.14. The van der Waals surface area contributed by atoms with Gasteiger partial charge in [-0.3, -0.25) is 9.69 Å². The number of hydrogen-bond acceptors (Lipinski definition) is 3. The van der Waals surface area contributed by atoms with Crippen molar-refractivity contribution in [2.45, 2.75) is 25.4 Å². The molecule has 1 aromatic carbocycles. The number of nitrogens with one attached hydrogen (secondary N) is 2. The molecule has 1 aromatic rings. The zero-order chi connectivity index (χ0) is 13.7. The van der Waals surface area contributed by atoms with Gasteiger partial charge in [-0.2, -0.15) is 0 Å². The lowest BCUT2D eigenvalue weighted by Gasteiger charge is -2.18. The SMILES string of the molecule is CNC1CCN(CC(=O)NC(C)c2ccccc2)C1.Cl. The number of carbonyl (C=O) groups is 1. The molecule has 1 fully saturated rings. The number of likely N-dealkylation sites (tertiary alicyclic amines) is 1. The molecule has 1 amide bonds. The Morgan fingerprint density at radius 1 is 1.40 bits per heavy atom. The van der Waals surface area contributed by atoms with Gasteiger partial charge in [0.05, 0.1) is 12.6 Å². The summed E-state index contributed by atoms with van der Waals surface area (Å²) in [6, 6.07) is 10.7. The van der Waals surface area contributed by atoms with Crippen molar-refractivity contribution in [3.05, 3.63) is 35.9 Å². The molecule has 5 heteroatoms. The van der Waals surface area contributed by atoms with Gasteiger partial charge in [0.15, 0.2) is 0 Å². The highest BCUT2D eigenvalue weighted by Crippen LogP contribution is 2.12. The van der Waals surface area contributed by atoms with E-state index in [-0.39, 0.29) is 24.4 Å². The van der Waals surface area contributed by atoms with Crippen LogP contribution in [-0.4, -0.2) is 43.5 Å². The van der Waals surface area contributed by atoms with E-state index in [4.69, 9.17) is 0 Å². The molecule has 20 heavy (non-hydrogen) atoms. The van der Waals surface area contributed by atoms with Crippen LogP contribution in [0.1, 0.15) is 24.9 Å². The predicted octanol–water partition coefficient (Wildman–Crippen LogP) is 1.58. The third kappa shape index (κ3) is 4.78. The minimum absolute atomic E-state index is 0. The van der Waals surface area contributed by atoms with Crippen LogP contribution in [0.25, 0.3) is 0 Å². The van der Waals surface area contributed by atoms with Gasteiger partial charge >= 0.3 is 0 Å². The smallest absolute Gasteiger partial charge is 0.234 e. The Balaban J connectivity index is 0.00000200. The van der Waals surface area contributed by atoms with Crippen molar-refractivity contribution < 1.29 is 4.79 Å². The van der Waals surface area contributed by atoms with E-state index >= 15 is 0 Å². The third-order valence-corrected chi connectivity index (χ3v) is 3.72. The zero-order valence-electron chi connectivity index (χ0n) is 12.1. The molecule has 0 aliphatic carbocycles. The number of rotatable bonds is 5. The lowest BCUT2D eigenvalue weighted by Crippen LogP contribution is -2.38. The number of likely N-dealkylation sites (N-methyl/N-ethyl adjacent to an activating group) is 1. The predicted molar refractivity (Wildman–Crippen MR) is 84.2 cm³/mol. The summed E-state index contributed by atoms with van der Waals surface area (Å²) in [5.74, 6) is 0.105. The first-order valence-electron chi connectivity index (χ1n) is 6.93. The molecule has 2 N–H and O–H groups in total. The van der Waals surface area contributed by atoms with E-state index in [0.717, 1.165) is 25.1 Å². The van der Waals surface area contributed by atoms with Crippen LogP contribution in [0.15, 0.2) is 30.3 Å². The number of halogens is 1. The Morgan fingerprint density at radius 2 is 2.10 bits per heavy atom. The van der Waals surface area contributed by atoms with Crippen LogP contribution in [0.4, 0.5) is 0 Å². The molecule has 1 saturated heterocycles. The van der Waals surface area contributed by atoms with Gasteiger partial charge in [0.2, 0.25) is 5.91 Å². The number of benzene rings is 1. The highest BCUT2D eigenvalue weighted by atomic mass is 35.5. The van der Waals surface area contributed by atoms with Crippen molar-refractivity contribution in [1.82, 2.24) is 15.5 Å². The second-order valence-electron chi connectivity index (χ2n) is 5.21. The first-order chi connectivity index (χ1) is 9.19. The van der Waals surface area contributed by atoms with Crippen LogP contribution < -0.4 is 10.6 Å². The topological polar surface area (TPSA) is 44.4 Å². The molecule has 2 rings (SSSR count). The van der Waals surface area contributed by atoms with Gasteiger partial charge in [-0.15, -0.1) is 12.4 Å². The summed E-state index contributed by atoms with van der Waals surface area (Å²) >= 11 is 0. The Hall–Kier alpha value is -1.10. The van der Waals surface area contributed by atoms with Crippen LogP contribution in [-0.2, 0) is 4.79 Å². The van der Waals surface area contributed by atoms with Crippen molar-refractivity contribution in [2.24, 2.45) is 0 Å². The molecule has 0 radical (unpaired) electrons. The summed E-state index contributed by atoms with van der Waals surface area (Å²) < 4.78 is 0. The summed E-state index contributed by atoms with van der Waals surface area (Å²) in [7, 11) is 1.98. The normalized spacial score (nSPS) is 20.2. The molecule has 1 heterocycles. The molecule has 2 unspecified atom stereocenters. The van der Waals surface area contributed by atoms with E-state index in [9.17, 15) is 4.79 Å². The molecule has 1 aliphatic rings. The van der Waals surface area contributed by atoms with Crippen LogP contribution in [0, 0.1) is 0 Å². The minimum atomic E-state index is 0. The van der Waals surface area contributed by atoms with Crippen LogP contribution in [0.5, 0.6) is 0 Å². The Bertz CT molecular complexity index is 413. The highest BCUT2D eigenvalue weighted by Gasteiger charge is 2.23. The first-order valence-corrected chi connectivity index (χ1v) is 6.93. The van der Waals surface area contributed by atoms with Gasteiger partial charge < -0.3 is 10.6 Å². The summed E-state index contributed by atoms with van der Waals surface area (Å²) in [4.78, 5) is 14.2. The molecule has 0 spiro atoms. The van der Waals surface area contributed by atoms with Crippen LogP contribution in [0.2, 0.25) is 0 Å². The Kier molecular flexibility index (Phi) is 6.99. The molecule has 4 nitrogen and oxygen atoms in total. The van der Waals surface area contributed by atoms with E-state index in [1.165, 1.54) is 0 Å². The maximum absolute atomic E-state index is 12.0. The van der Waals surface area contributed by atoms with Crippen molar-refractivity contribution in [1.29, 1.82) is 0 Å². The van der Waals surface area contributed by atoms with Gasteiger partial charge in [0, 0.05) is 19.1 Å². The van der Waals surface area contributed by atoms with E-state index < -0.39 is 0 Å². The van der Waals surface area contributed by atoms with E-state index in [0.29, 0.717) is 12.6 Å². The average molecular weight is 298 g/mol. The lowest BCUT2D eigenvalue weighted by atomic mass is 10.1. The number of nitrogens with zero attached hydrogens (tertiary/aromatic N) is 1. The van der Waals surface area contributed by atoms with Crippen LogP contribution in [0.3, 0.4) is 0 Å². The third-order valence-electron chi connectivity index (χ3n) is 3.72. The van der Waals surface area contributed by atoms with E-state index in [2.05, 4.69) is 15.5 Å². The van der Waals surface area contributed by atoms with Crippen molar-refractivity contribution >= 4 is 18.3 Å². The highest BCUT2D eigenvalue weighted by molar-refractivity contribution is 5.85. The van der Waals surface area contributed by atoms with Crippen LogP contribution >= 0.6 is 12.4 Å². The maximum atomic E-state index is 12.0. The molecule has 112 valence electrons. The monoisotopic (exact) mass is 297 g/mol. The fraction of sp³-hybridized carbons (Fsp3) is 0.533. The van der Waals surface area contributed by atoms with Gasteiger partial charge in [-0.1, -0.05) is 30.3 Å². The molecule has 0 aromatic heterocycles. The second-order valence-corrected chi connectivity index (χ2v) is 5.21. The number of amides is 1. The zero-order valence-corrected chi connectivity index (χ0v) is 13.0. The molecular formula is C15H24ClN3O. The van der Waals surface area contributed by atoms with Crippen molar-refractivity contribution in [2.75, 3.05) is 26.7 Å². The maximum Gasteiger partial charge on any atom is 0.234 e. The lowest BCUT2D eigenvalue weighted by molar-refractivity contribution is -0.122. The minimum Gasteiger partial charge on any atom is -0.348 e. The second kappa shape index (κ2) is 8.25. The molecule has 2 atom stereocenters. The summed E-state index contributed by atoms with van der Waals surface area (Å²) in [6.07, 6.45) is 1.12. The molecular weight excluding hydrogens is 274 g/mol. The van der Waals surface area contributed by atoms with Gasteiger partial charge in [0.1, 0.15) is 0 Å². The molecule has 1 aliphatic heterocycles. The molecule has 0 bridgehead atoms. The summed E-state index contributed by atoms with van der Waals surface area (Å²) in [6.45, 7) is 4.48.